The van der Waals surface area contributed by atoms with Crippen LogP contribution in [0.2, 0.25) is 0 Å². The molecular formula is C37H52N4O5. The van der Waals surface area contributed by atoms with Crippen LogP contribution in [0.1, 0.15) is 69.3 Å². The van der Waals surface area contributed by atoms with Crippen LogP contribution < -0.4 is 10.6 Å². The molecule has 2 heterocycles. The number of aliphatic hydroxyl groups is 2. The van der Waals surface area contributed by atoms with E-state index in [9.17, 15) is 19.8 Å². The zero-order chi connectivity index (χ0) is 32.6. The summed E-state index contributed by atoms with van der Waals surface area (Å²) in [6.07, 6.45) is 3.12. The quantitative estimate of drug-likeness (QED) is 0.298. The van der Waals surface area contributed by atoms with Gasteiger partial charge in [0.1, 0.15) is 12.1 Å². The minimum atomic E-state index is -0.843. The number of rotatable bonds is 11. The van der Waals surface area contributed by atoms with Crippen LogP contribution in [0, 0.1) is 29.1 Å². The Morgan fingerprint density at radius 1 is 1.07 bits per heavy atom. The zero-order valence-electron chi connectivity index (χ0n) is 27.8. The number of benzene rings is 2. The van der Waals surface area contributed by atoms with Gasteiger partial charge in [0.15, 0.2) is 0 Å². The van der Waals surface area contributed by atoms with Gasteiger partial charge in [0.2, 0.25) is 5.91 Å². The topological polar surface area (TPSA) is 114 Å². The average Bonchev–Trinajstić information content (AvgIpc) is 3.70. The van der Waals surface area contributed by atoms with Gasteiger partial charge in [0.25, 0.3) is 5.91 Å². The third kappa shape index (κ3) is 6.62. The van der Waals surface area contributed by atoms with Gasteiger partial charge in [-0.2, -0.15) is 5.06 Å². The highest BCUT2D eigenvalue weighted by Crippen LogP contribution is 2.61. The van der Waals surface area contributed by atoms with Crippen molar-refractivity contribution >= 4 is 11.8 Å². The number of likely N-dealkylation sites (tertiary alicyclic amines) is 1. The first-order chi connectivity index (χ1) is 22.1. The van der Waals surface area contributed by atoms with E-state index < -0.39 is 24.2 Å². The molecule has 9 nitrogen and oxygen atoms in total. The van der Waals surface area contributed by atoms with Crippen LogP contribution in [0.3, 0.4) is 0 Å². The van der Waals surface area contributed by atoms with E-state index in [1.807, 2.05) is 48.5 Å². The smallest absolute Gasteiger partial charge is 0.251 e. The number of aliphatic hydroxyl groups excluding tert-OH is 2. The molecule has 3 aliphatic carbocycles. The summed E-state index contributed by atoms with van der Waals surface area (Å²) in [6.45, 7) is 12.3. The van der Waals surface area contributed by atoms with Crippen LogP contribution in [0.4, 0.5) is 0 Å². The van der Waals surface area contributed by atoms with Crippen LogP contribution in [0.25, 0.3) is 11.1 Å². The largest absolute Gasteiger partial charge is 0.394 e. The molecule has 8 atom stereocenters. The predicted molar refractivity (Wildman–Crippen MR) is 177 cm³/mol. The number of nitrogens with one attached hydrogen (secondary N) is 2. The number of nitrogens with zero attached hydrogens (tertiary/aromatic N) is 2. The highest BCUT2D eigenvalue weighted by molar-refractivity contribution is 5.95. The molecule has 0 spiro atoms. The predicted octanol–water partition coefficient (Wildman–Crippen LogP) is 3.84. The summed E-state index contributed by atoms with van der Waals surface area (Å²) in [5, 5.41) is 29.0. The SMILES string of the molecule is C[C@H](O)[C@@H]1[C@H](CO)ON(Cc2cccc(-c3cccc(C(=O)NCCN4CCCC4)c3)c2)[C@@H]1C(=O)N[C@H]1CC2CC([C@H]1C)C2(C)C. The molecule has 4 N–H and O–H groups in total. The Morgan fingerprint density at radius 3 is 2.46 bits per heavy atom. The Labute approximate surface area is 273 Å². The molecule has 0 aromatic heterocycles. The molecule has 2 aliphatic heterocycles. The molecule has 2 unspecified atom stereocenters. The summed E-state index contributed by atoms with van der Waals surface area (Å²) in [5.74, 6) is 0.764. The second-order valence-electron chi connectivity index (χ2n) is 14.8. The third-order valence-corrected chi connectivity index (χ3v) is 11.7. The van der Waals surface area contributed by atoms with Gasteiger partial charge >= 0.3 is 0 Å². The Balaban J connectivity index is 1.15. The fourth-order valence-corrected chi connectivity index (χ4v) is 8.79. The maximum Gasteiger partial charge on any atom is 0.251 e. The molecular weight excluding hydrogens is 580 g/mol. The Hall–Kier alpha value is -2.82. The number of fused-ring (bicyclic) bond motifs is 2. The number of hydroxylamine groups is 2. The van der Waals surface area contributed by atoms with Crippen LogP contribution in [-0.2, 0) is 16.2 Å². The molecule has 3 saturated carbocycles. The minimum absolute atomic E-state index is 0.0797. The zero-order valence-corrected chi connectivity index (χ0v) is 27.8. The lowest BCUT2D eigenvalue weighted by Gasteiger charge is -2.62. The molecule has 2 saturated heterocycles. The van der Waals surface area contributed by atoms with Crippen molar-refractivity contribution < 1.29 is 24.6 Å². The van der Waals surface area contributed by atoms with Crippen molar-refractivity contribution in [1.82, 2.24) is 20.6 Å². The van der Waals surface area contributed by atoms with Crippen LogP contribution >= 0.6 is 0 Å². The molecule has 2 aromatic rings. The molecule has 9 heteroatoms. The highest BCUT2D eigenvalue weighted by Gasteiger charge is 2.57. The van der Waals surface area contributed by atoms with E-state index >= 15 is 0 Å². The molecule has 5 fully saturated rings. The van der Waals surface area contributed by atoms with Crippen LogP contribution in [-0.4, -0.2) is 89.1 Å². The summed E-state index contributed by atoms with van der Waals surface area (Å²) in [6, 6.07) is 15.0. The standard InChI is InChI=1S/C37H52N4O5/c1-23-30-19-29(37(30,3)4)20-31(23)39-36(45)34-33(24(2)43)32(22-42)46-41(34)21-25-9-7-10-26(17-25)27-11-8-12-28(18-27)35(44)38-13-16-40-14-5-6-15-40/h7-12,17-18,23-24,29-34,42-43H,5-6,13-16,19-22H2,1-4H3,(H,38,44)(H,39,45)/t23-,24+,29?,30?,31+,32+,33-,34+/m1/s1. The second kappa shape index (κ2) is 13.7. The van der Waals surface area contributed by atoms with Gasteiger partial charge < -0.3 is 25.7 Å². The monoisotopic (exact) mass is 632 g/mol. The van der Waals surface area contributed by atoms with Gasteiger partial charge in [-0.25, -0.2) is 0 Å². The first kappa shape index (κ1) is 33.1. The lowest BCUT2D eigenvalue weighted by molar-refractivity contribution is -0.183. The molecule has 2 bridgehead atoms. The van der Waals surface area contributed by atoms with E-state index in [4.69, 9.17) is 4.84 Å². The maximum atomic E-state index is 14.0. The Bertz CT molecular complexity index is 1390. The summed E-state index contributed by atoms with van der Waals surface area (Å²) in [5.41, 5.74) is 3.73. The van der Waals surface area contributed by atoms with E-state index in [0.717, 1.165) is 42.7 Å². The lowest BCUT2D eigenvalue weighted by atomic mass is 9.45. The van der Waals surface area contributed by atoms with Crippen molar-refractivity contribution in [3.05, 3.63) is 59.7 Å². The van der Waals surface area contributed by atoms with Crippen molar-refractivity contribution in [2.45, 2.75) is 84.2 Å². The molecule has 250 valence electrons. The summed E-state index contributed by atoms with van der Waals surface area (Å²) in [7, 11) is 0. The lowest BCUT2D eigenvalue weighted by Crippen LogP contribution is -2.62. The van der Waals surface area contributed by atoms with E-state index in [1.165, 1.54) is 19.3 Å². The van der Waals surface area contributed by atoms with Gasteiger partial charge in [-0.3, -0.25) is 14.4 Å². The van der Waals surface area contributed by atoms with Gasteiger partial charge in [0.05, 0.1) is 19.3 Å². The molecule has 2 amide bonds. The molecule has 46 heavy (non-hydrogen) atoms. The number of hydrogen-bond donors (Lipinski definition) is 4. The third-order valence-electron chi connectivity index (χ3n) is 11.7. The van der Waals surface area contributed by atoms with Crippen LogP contribution in [0.5, 0.6) is 0 Å². The van der Waals surface area contributed by atoms with Gasteiger partial charge in [-0.1, -0.05) is 51.1 Å². The van der Waals surface area contributed by atoms with Crippen molar-refractivity contribution in [2.75, 3.05) is 32.8 Å². The van der Waals surface area contributed by atoms with Crippen molar-refractivity contribution in [3.8, 4) is 11.1 Å². The first-order valence-corrected chi connectivity index (χ1v) is 17.3. The van der Waals surface area contributed by atoms with Crippen molar-refractivity contribution in [3.63, 3.8) is 0 Å². The van der Waals surface area contributed by atoms with Crippen LogP contribution in [0.15, 0.2) is 48.5 Å². The summed E-state index contributed by atoms with van der Waals surface area (Å²) in [4.78, 5) is 35.5. The van der Waals surface area contributed by atoms with E-state index in [1.54, 1.807) is 12.0 Å². The van der Waals surface area contributed by atoms with E-state index in [0.29, 0.717) is 41.8 Å². The average molecular weight is 633 g/mol. The fraction of sp³-hybridized carbons (Fsp3) is 0.622. The maximum absolute atomic E-state index is 14.0. The number of hydrogen-bond acceptors (Lipinski definition) is 7. The molecule has 2 aromatic carbocycles. The Kier molecular flexibility index (Phi) is 9.88. The van der Waals surface area contributed by atoms with Crippen molar-refractivity contribution in [1.29, 1.82) is 0 Å². The summed E-state index contributed by atoms with van der Waals surface area (Å²) >= 11 is 0. The second-order valence-corrected chi connectivity index (χ2v) is 14.8. The summed E-state index contributed by atoms with van der Waals surface area (Å²) < 4.78 is 0. The van der Waals surface area contributed by atoms with Gasteiger partial charge in [-0.15, -0.1) is 0 Å². The van der Waals surface area contributed by atoms with Crippen molar-refractivity contribution in [2.24, 2.45) is 29.1 Å². The first-order valence-electron chi connectivity index (χ1n) is 17.3. The van der Waals surface area contributed by atoms with Gasteiger partial charge in [-0.05, 0) is 104 Å². The highest BCUT2D eigenvalue weighted by atomic mass is 16.7. The fourth-order valence-electron chi connectivity index (χ4n) is 8.79. The normalized spacial score (nSPS) is 31.3. The number of amides is 2. The van der Waals surface area contributed by atoms with E-state index in [-0.39, 0.29) is 24.5 Å². The minimum Gasteiger partial charge on any atom is -0.394 e. The van der Waals surface area contributed by atoms with E-state index in [2.05, 4.69) is 36.3 Å². The molecule has 5 aliphatic rings. The van der Waals surface area contributed by atoms with Gasteiger partial charge in [0, 0.05) is 30.6 Å². The Morgan fingerprint density at radius 2 is 1.78 bits per heavy atom. The molecule has 7 rings (SSSR count). The number of carbonyl (C=O) groups is 2. The number of carbonyl (C=O) groups excluding carboxylic acids is 2. The molecule has 0 radical (unpaired) electrons.